The van der Waals surface area contributed by atoms with E-state index in [0.29, 0.717) is 16.3 Å². The number of nitrogens with zero attached hydrogens (tertiary/aromatic N) is 2. The fourth-order valence-corrected chi connectivity index (χ4v) is 6.76. The van der Waals surface area contributed by atoms with Crippen molar-refractivity contribution in [1.29, 1.82) is 0 Å². The number of carboxylic acid groups (broad SMARTS) is 1. The number of rotatable bonds is 9. The molecular formula is C25H30N4O9S2. The van der Waals surface area contributed by atoms with Crippen LogP contribution in [0.4, 0.5) is 11.4 Å². The van der Waals surface area contributed by atoms with E-state index in [1.807, 2.05) is 13.8 Å². The summed E-state index contributed by atoms with van der Waals surface area (Å²) in [6.45, 7) is 3.00. The summed E-state index contributed by atoms with van der Waals surface area (Å²) in [4.78, 5) is 25.0. The minimum Gasteiger partial charge on any atom is -0.506 e. The molecule has 7 N–H and O–H groups in total. The van der Waals surface area contributed by atoms with Gasteiger partial charge in [-0.15, -0.1) is 4.40 Å². The van der Waals surface area contributed by atoms with E-state index in [9.17, 15) is 37.4 Å². The second-order valence-electron chi connectivity index (χ2n) is 9.98. The molecular weight excluding hydrogens is 564 g/mol. The highest BCUT2D eigenvalue weighted by atomic mass is 32.3. The number of carbonyl (C=O) groups is 2. The van der Waals surface area contributed by atoms with Crippen LogP contribution in [0.15, 0.2) is 57.3 Å². The number of hydrogen-bond acceptors (Lipinski definition) is 11. The Bertz CT molecular complexity index is 1550. The molecule has 0 bridgehead atoms. The summed E-state index contributed by atoms with van der Waals surface area (Å²) < 4.78 is 50.9. The highest BCUT2D eigenvalue weighted by molar-refractivity contribution is 8.23. The first-order valence-electron chi connectivity index (χ1n) is 12.1. The van der Waals surface area contributed by atoms with Gasteiger partial charge >= 0.3 is 5.97 Å². The number of sulfonamides is 1. The van der Waals surface area contributed by atoms with E-state index in [0.717, 1.165) is 12.3 Å². The maximum absolute atomic E-state index is 14.0. The van der Waals surface area contributed by atoms with Gasteiger partial charge in [0.05, 0.1) is 17.6 Å². The Morgan fingerprint density at radius 1 is 1.20 bits per heavy atom. The number of Topliss-reactive ketones (excluding diaryl/α,β-unsaturated/α-hetero) is 1. The summed E-state index contributed by atoms with van der Waals surface area (Å²) >= 11 is 0. The van der Waals surface area contributed by atoms with Crippen LogP contribution in [0.2, 0.25) is 0 Å². The number of aliphatic carboxylic acids is 1. The number of amidine groups is 1. The molecule has 2 aromatic carbocycles. The second-order valence-corrected chi connectivity index (χ2v) is 13.5. The molecule has 0 saturated heterocycles. The van der Waals surface area contributed by atoms with Crippen LogP contribution in [0, 0.1) is 5.92 Å². The fraction of sp³-hybridized carbons (Fsp3) is 0.320. The van der Waals surface area contributed by atoms with E-state index in [1.165, 1.54) is 12.1 Å². The summed E-state index contributed by atoms with van der Waals surface area (Å²) in [5.41, 5.74) is 0.576. The number of ketones is 1. The number of hydrogen-bond donors (Lipinski definition) is 7. The van der Waals surface area contributed by atoms with Crippen LogP contribution in [0.3, 0.4) is 0 Å². The normalized spacial score (nSPS) is 20.8. The van der Waals surface area contributed by atoms with Gasteiger partial charge in [0.1, 0.15) is 28.3 Å². The number of fused-ring (bicyclic) bond motifs is 2. The number of nitrogens with one attached hydrogen (secondary N) is 2. The van der Waals surface area contributed by atoms with Gasteiger partial charge in [-0.05, 0) is 42.5 Å². The third-order valence-corrected chi connectivity index (χ3v) is 9.22. The van der Waals surface area contributed by atoms with Crippen molar-refractivity contribution in [3.8, 4) is 0 Å². The number of hydroxylamine groups is 1. The molecule has 2 aromatic rings. The summed E-state index contributed by atoms with van der Waals surface area (Å²) in [6, 6.07) is 10.1. The average molecular weight is 595 g/mol. The van der Waals surface area contributed by atoms with Crippen LogP contribution in [0.1, 0.15) is 37.8 Å². The Balaban J connectivity index is 1.84. The van der Waals surface area contributed by atoms with Gasteiger partial charge < -0.3 is 20.7 Å². The molecule has 0 saturated carbocycles. The molecule has 216 valence electrons. The smallest absolute Gasteiger partial charge is 0.324 e. The molecule has 1 aliphatic heterocycles. The molecule has 0 fully saturated rings. The molecule has 1 aliphatic carbocycles. The lowest BCUT2D eigenvalue weighted by Gasteiger charge is -2.40. The number of anilines is 2. The van der Waals surface area contributed by atoms with Gasteiger partial charge in [0.15, 0.2) is 11.6 Å². The fourth-order valence-electron chi connectivity index (χ4n) is 4.73. The minimum atomic E-state index is -4.09. The lowest BCUT2D eigenvalue weighted by Crippen LogP contribution is -2.52. The van der Waals surface area contributed by atoms with Gasteiger partial charge in [0, 0.05) is 5.56 Å². The van der Waals surface area contributed by atoms with E-state index in [4.69, 9.17) is 5.11 Å². The van der Waals surface area contributed by atoms with Crippen molar-refractivity contribution in [3.05, 3.63) is 59.2 Å². The topological polar surface area (TPSA) is 209 Å². The lowest BCUT2D eigenvalue weighted by molar-refractivity contribution is -0.135. The summed E-state index contributed by atoms with van der Waals surface area (Å²) in [6.07, 6.45) is 1.49. The van der Waals surface area contributed by atoms with E-state index >= 15 is 0 Å². The summed E-state index contributed by atoms with van der Waals surface area (Å²) in [7, 11) is -8.14. The van der Waals surface area contributed by atoms with E-state index in [-0.39, 0.29) is 45.6 Å². The Morgan fingerprint density at radius 3 is 2.48 bits per heavy atom. The first-order valence-corrected chi connectivity index (χ1v) is 15.5. The van der Waals surface area contributed by atoms with Crippen LogP contribution in [0.5, 0.6) is 0 Å². The van der Waals surface area contributed by atoms with Gasteiger partial charge in [0.25, 0.3) is 0 Å². The molecule has 4 rings (SSSR count). The van der Waals surface area contributed by atoms with Gasteiger partial charge in [-0.3, -0.25) is 23.0 Å². The van der Waals surface area contributed by atoms with Gasteiger partial charge in [-0.25, -0.2) is 8.42 Å². The van der Waals surface area contributed by atoms with Crippen molar-refractivity contribution in [2.75, 3.05) is 22.4 Å². The molecule has 40 heavy (non-hydrogen) atoms. The van der Waals surface area contributed by atoms with Crippen molar-refractivity contribution in [2.24, 2.45) is 10.3 Å². The van der Waals surface area contributed by atoms with Crippen molar-refractivity contribution < 1.29 is 42.5 Å². The summed E-state index contributed by atoms with van der Waals surface area (Å²) in [5.74, 6) is -2.86. The monoisotopic (exact) mass is 594 g/mol. The quantitative estimate of drug-likeness (QED) is 0.209. The predicted octanol–water partition coefficient (Wildman–Crippen LogP) is 3.55. The third-order valence-electron chi connectivity index (χ3n) is 6.72. The lowest BCUT2D eigenvalue weighted by atomic mass is 9.71. The number of carboxylic acids is 1. The Morgan fingerprint density at radius 2 is 1.88 bits per heavy atom. The van der Waals surface area contributed by atoms with Crippen molar-refractivity contribution in [1.82, 2.24) is 5.48 Å². The molecule has 1 atom stereocenters. The molecule has 1 unspecified atom stereocenters. The minimum absolute atomic E-state index is 0.0363. The SMILES string of the molecule is CC(C)CCC1(NO)C(=O)C(C2=NS(O)(O)c3cc(N(CC(=O)O)S(C)(=O)=O)ccc3N2)=C(O)c2ccccc21. The van der Waals surface area contributed by atoms with E-state index < -0.39 is 50.4 Å². The van der Waals surface area contributed by atoms with Crippen LogP contribution < -0.4 is 15.1 Å². The Hall–Kier alpha value is -3.47. The molecule has 0 radical (unpaired) electrons. The molecule has 0 spiro atoms. The molecule has 0 amide bonds. The van der Waals surface area contributed by atoms with Gasteiger partial charge in [-0.2, -0.15) is 5.48 Å². The Kier molecular flexibility index (Phi) is 7.74. The standard InChI is InChI=1S/C25H30N4O9S2/c1-14(2)10-11-25(28-34)17-7-5-4-6-16(17)22(32)21(23(25)33)24-26-18-9-8-15(12-19(18)40(37,38)27-24)29(13-20(30)31)39(3,35)36/h4-9,12,14,28,32,34,37-38H,10-11,13H2,1-3H3,(H,26,27)(H,30,31). The third kappa shape index (κ3) is 5.18. The zero-order chi connectivity index (χ0) is 29.6. The number of benzene rings is 2. The van der Waals surface area contributed by atoms with E-state index in [2.05, 4.69) is 15.2 Å². The van der Waals surface area contributed by atoms with Gasteiger partial charge in [0.2, 0.25) is 10.0 Å². The molecule has 13 nitrogen and oxygen atoms in total. The highest BCUT2D eigenvalue weighted by Gasteiger charge is 2.49. The van der Waals surface area contributed by atoms with Crippen LogP contribution in [-0.2, 0) is 25.2 Å². The number of aliphatic hydroxyl groups is 1. The first kappa shape index (κ1) is 29.5. The van der Waals surface area contributed by atoms with Crippen molar-refractivity contribution in [2.45, 2.75) is 37.1 Å². The maximum Gasteiger partial charge on any atom is 0.324 e. The van der Waals surface area contributed by atoms with Crippen LogP contribution in [-0.4, -0.2) is 63.3 Å². The molecule has 2 aliphatic rings. The first-order chi connectivity index (χ1) is 18.6. The largest absolute Gasteiger partial charge is 0.506 e. The van der Waals surface area contributed by atoms with Crippen molar-refractivity contribution >= 4 is 55.5 Å². The van der Waals surface area contributed by atoms with Crippen molar-refractivity contribution in [3.63, 3.8) is 0 Å². The second kappa shape index (κ2) is 10.5. The van der Waals surface area contributed by atoms with Crippen LogP contribution in [0.25, 0.3) is 5.76 Å². The highest BCUT2D eigenvalue weighted by Crippen LogP contribution is 2.57. The zero-order valence-corrected chi connectivity index (χ0v) is 23.5. The molecule has 15 heteroatoms. The van der Waals surface area contributed by atoms with Gasteiger partial charge in [-0.1, -0.05) is 48.9 Å². The summed E-state index contributed by atoms with van der Waals surface area (Å²) in [5, 5.41) is 33.5. The number of carbonyl (C=O) groups excluding carboxylic acids is 1. The Labute approximate surface area is 232 Å². The molecule has 0 aromatic heterocycles. The predicted molar refractivity (Wildman–Crippen MR) is 150 cm³/mol. The maximum atomic E-state index is 14.0. The molecule has 1 heterocycles. The van der Waals surface area contributed by atoms with Crippen LogP contribution >= 0.6 is 10.8 Å². The average Bonchev–Trinajstić information content (AvgIpc) is 2.86. The zero-order valence-electron chi connectivity index (χ0n) is 21.8. The van der Waals surface area contributed by atoms with E-state index in [1.54, 1.807) is 24.3 Å². The number of aliphatic hydroxyl groups excluding tert-OH is 1.